The number of nitrogens with one attached hydrogen (secondary N) is 2. The summed E-state index contributed by atoms with van der Waals surface area (Å²) in [4.78, 5) is 27.0. The van der Waals surface area contributed by atoms with E-state index in [0.29, 0.717) is 23.5 Å². The molecule has 2 aromatic rings. The van der Waals surface area contributed by atoms with Gasteiger partial charge in [0.2, 0.25) is 5.91 Å². The summed E-state index contributed by atoms with van der Waals surface area (Å²) in [7, 11) is 1.59. The summed E-state index contributed by atoms with van der Waals surface area (Å²) in [5.41, 5.74) is 4.56. The van der Waals surface area contributed by atoms with Crippen LogP contribution >= 0.6 is 17.0 Å². The zero-order chi connectivity index (χ0) is 26.3. The van der Waals surface area contributed by atoms with Crippen molar-refractivity contribution in [3.05, 3.63) is 69.3 Å². The number of halogens is 1. The number of likely N-dealkylation sites (N-methyl/N-ethyl adjacent to an activating group) is 1. The first-order chi connectivity index (χ1) is 16.1. The molecule has 0 aromatic heterocycles. The zero-order valence-electron chi connectivity index (χ0n) is 22.5. The number of hydrogen-bond donors (Lipinski definition) is 3. The lowest BCUT2D eigenvalue weighted by Gasteiger charge is -2.28. The molecule has 0 saturated carbocycles. The number of nitrogens with zero attached hydrogens (tertiary/aromatic N) is 1. The highest BCUT2D eigenvalue weighted by Gasteiger charge is 2.30. The number of Topliss-reactive ketones (excluding diaryl/α,β-unsaturated/α-hetero) is 1. The van der Waals surface area contributed by atoms with Crippen molar-refractivity contribution in [3.63, 3.8) is 0 Å². The standard InChI is InChI=1S/C29H37N3O3.BrH/c1-17(27(35)31-8)11-18-9-10-19-15-32(26(30)21(19)12-18)16-24(33)20-13-22(28(2,3)4)25(34)23(14-20)29(5,6)7;/h9-14,30,34H,15-16H2,1-8H3,(H,31,35);1H/b17-11+,30-26?;. The number of amidine groups is 1. The lowest BCUT2D eigenvalue weighted by Crippen LogP contribution is -2.30. The second kappa shape index (κ2) is 10.6. The van der Waals surface area contributed by atoms with Gasteiger partial charge in [-0.2, -0.15) is 0 Å². The van der Waals surface area contributed by atoms with E-state index in [1.165, 1.54) is 0 Å². The number of aromatic hydroxyl groups is 1. The smallest absolute Gasteiger partial charge is 0.246 e. The predicted molar refractivity (Wildman–Crippen MR) is 152 cm³/mol. The fourth-order valence-corrected chi connectivity index (χ4v) is 4.35. The Kier molecular flexibility index (Phi) is 8.62. The van der Waals surface area contributed by atoms with E-state index in [2.05, 4.69) is 5.32 Å². The number of carbonyl (C=O) groups excluding carboxylic acids is 2. The third-order valence-corrected chi connectivity index (χ3v) is 6.42. The van der Waals surface area contributed by atoms with Gasteiger partial charge in [-0.3, -0.25) is 15.0 Å². The van der Waals surface area contributed by atoms with Gasteiger partial charge in [0.15, 0.2) is 5.78 Å². The summed E-state index contributed by atoms with van der Waals surface area (Å²) in [6.45, 7) is 14.4. The molecule has 1 aliphatic heterocycles. The van der Waals surface area contributed by atoms with Gasteiger partial charge in [-0.05, 0) is 53.2 Å². The van der Waals surface area contributed by atoms with Gasteiger partial charge in [0, 0.05) is 41.4 Å². The van der Waals surface area contributed by atoms with Gasteiger partial charge in [-0.25, -0.2) is 0 Å². The molecule has 1 amide bonds. The van der Waals surface area contributed by atoms with E-state index in [0.717, 1.165) is 27.8 Å². The zero-order valence-corrected chi connectivity index (χ0v) is 24.2. The lowest BCUT2D eigenvalue weighted by molar-refractivity contribution is -0.116. The summed E-state index contributed by atoms with van der Waals surface area (Å²) < 4.78 is 0. The van der Waals surface area contributed by atoms with Gasteiger partial charge in [0.25, 0.3) is 0 Å². The summed E-state index contributed by atoms with van der Waals surface area (Å²) in [6.07, 6.45) is 1.79. The number of benzene rings is 2. The van der Waals surface area contributed by atoms with E-state index < -0.39 is 0 Å². The number of hydrogen-bond acceptors (Lipinski definition) is 4. The van der Waals surface area contributed by atoms with Gasteiger partial charge in [0.05, 0.1) is 6.54 Å². The molecule has 0 fully saturated rings. The average molecular weight is 557 g/mol. The minimum atomic E-state index is -0.326. The summed E-state index contributed by atoms with van der Waals surface area (Å²) in [5.74, 6) is 0.308. The number of phenols is 1. The van der Waals surface area contributed by atoms with Crippen LogP contribution in [0.5, 0.6) is 5.75 Å². The summed E-state index contributed by atoms with van der Waals surface area (Å²) >= 11 is 0. The van der Waals surface area contributed by atoms with Crippen LogP contribution in [0.15, 0.2) is 35.9 Å². The Hall–Kier alpha value is -2.93. The third kappa shape index (κ3) is 6.06. The van der Waals surface area contributed by atoms with Crippen molar-refractivity contribution in [1.82, 2.24) is 10.2 Å². The van der Waals surface area contributed by atoms with E-state index in [4.69, 9.17) is 5.41 Å². The molecule has 36 heavy (non-hydrogen) atoms. The van der Waals surface area contributed by atoms with Crippen LogP contribution < -0.4 is 5.32 Å². The van der Waals surface area contributed by atoms with Gasteiger partial charge < -0.3 is 15.3 Å². The van der Waals surface area contributed by atoms with Crippen LogP contribution in [0.25, 0.3) is 6.08 Å². The van der Waals surface area contributed by atoms with Gasteiger partial charge >= 0.3 is 0 Å². The van der Waals surface area contributed by atoms with Crippen molar-refractivity contribution in [1.29, 1.82) is 5.41 Å². The van der Waals surface area contributed by atoms with Crippen LogP contribution in [-0.2, 0) is 22.2 Å². The van der Waals surface area contributed by atoms with Crippen LogP contribution in [0.4, 0.5) is 0 Å². The lowest BCUT2D eigenvalue weighted by atomic mass is 9.78. The van der Waals surface area contributed by atoms with E-state index >= 15 is 0 Å². The molecule has 0 spiro atoms. The number of carbonyl (C=O) groups is 2. The number of phenolic OH excluding ortho intramolecular Hbond substituents is 1. The SMILES string of the molecule is Br.CNC(=O)/C(C)=C/c1ccc2c(c1)C(=N)N(CC(=O)c1cc(C(C)(C)C)c(O)c(C(C)(C)C)c1)C2. The van der Waals surface area contributed by atoms with Crippen LogP contribution in [0.3, 0.4) is 0 Å². The highest BCUT2D eigenvalue weighted by molar-refractivity contribution is 8.93. The Morgan fingerprint density at radius 1 is 1.06 bits per heavy atom. The molecule has 6 nitrogen and oxygen atoms in total. The number of ketones is 1. The highest BCUT2D eigenvalue weighted by atomic mass is 79.9. The molecule has 0 unspecified atom stereocenters. The molecule has 0 radical (unpaired) electrons. The van der Waals surface area contributed by atoms with Crippen molar-refractivity contribution in [3.8, 4) is 5.75 Å². The minimum absolute atomic E-state index is 0. The maximum atomic E-state index is 13.4. The Bertz CT molecular complexity index is 1200. The number of amides is 1. The first-order valence-electron chi connectivity index (χ1n) is 11.9. The largest absolute Gasteiger partial charge is 0.507 e. The maximum absolute atomic E-state index is 13.4. The second-order valence-corrected chi connectivity index (χ2v) is 11.4. The molecule has 7 heteroatoms. The highest BCUT2D eigenvalue weighted by Crippen LogP contribution is 2.40. The fraction of sp³-hybridized carbons (Fsp3) is 0.414. The first-order valence-corrected chi connectivity index (χ1v) is 11.9. The molecule has 3 rings (SSSR count). The molecular formula is C29H38BrN3O3. The molecule has 194 valence electrons. The van der Waals surface area contributed by atoms with E-state index in [9.17, 15) is 14.7 Å². The predicted octanol–water partition coefficient (Wildman–Crippen LogP) is 5.74. The average Bonchev–Trinajstić information content (AvgIpc) is 3.06. The first kappa shape index (κ1) is 29.3. The molecule has 0 atom stereocenters. The maximum Gasteiger partial charge on any atom is 0.246 e. The molecule has 1 heterocycles. The van der Waals surface area contributed by atoms with Crippen LogP contribution in [0.2, 0.25) is 0 Å². The molecule has 3 N–H and O–H groups in total. The van der Waals surface area contributed by atoms with Gasteiger partial charge in [0.1, 0.15) is 11.6 Å². The topological polar surface area (TPSA) is 93.5 Å². The van der Waals surface area contributed by atoms with E-state index in [1.807, 2.05) is 59.7 Å². The minimum Gasteiger partial charge on any atom is -0.507 e. The van der Waals surface area contributed by atoms with Crippen LogP contribution in [-0.4, -0.2) is 41.1 Å². The Balaban J connectivity index is 0.00000456. The fourth-order valence-electron chi connectivity index (χ4n) is 4.35. The molecular weight excluding hydrogens is 518 g/mol. The number of fused-ring (bicyclic) bond motifs is 1. The van der Waals surface area contributed by atoms with Crippen LogP contribution in [0.1, 0.15) is 86.6 Å². The number of rotatable bonds is 5. The Morgan fingerprint density at radius 2 is 1.61 bits per heavy atom. The molecule has 2 aromatic carbocycles. The Labute approximate surface area is 225 Å². The summed E-state index contributed by atoms with van der Waals surface area (Å²) in [5, 5.41) is 22.3. The van der Waals surface area contributed by atoms with Crippen molar-refractivity contribution in [2.45, 2.75) is 65.8 Å². The van der Waals surface area contributed by atoms with Crippen molar-refractivity contribution >= 4 is 40.6 Å². The summed E-state index contributed by atoms with van der Waals surface area (Å²) in [6, 6.07) is 9.36. The molecule has 0 saturated heterocycles. The monoisotopic (exact) mass is 555 g/mol. The molecule has 0 aliphatic carbocycles. The van der Waals surface area contributed by atoms with E-state index in [1.54, 1.807) is 37.1 Å². The third-order valence-electron chi connectivity index (χ3n) is 6.42. The van der Waals surface area contributed by atoms with Gasteiger partial charge in [-0.1, -0.05) is 53.7 Å². The van der Waals surface area contributed by atoms with Crippen molar-refractivity contribution < 1.29 is 14.7 Å². The van der Waals surface area contributed by atoms with E-state index in [-0.39, 0.29) is 51.8 Å². The normalized spacial score (nSPS) is 13.8. The van der Waals surface area contributed by atoms with Crippen LogP contribution in [0, 0.1) is 5.41 Å². The molecule has 0 bridgehead atoms. The second-order valence-electron chi connectivity index (χ2n) is 11.4. The molecule has 1 aliphatic rings. The van der Waals surface area contributed by atoms with Gasteiger partial charge in [-0.15, -0.1) is 17.0 Å². The quantitative estimate of drug-likeness (QED) is 0.324. The Morgan fingerprint density at radius 3 is 2.11 bits per heavy atom. The van der Waals surface area contributed by atoms with Crippen molar-refractivity contribution in [2.24, 2.45) is 0 Å². The van der Waals surface area contributed by atoms with Crippen molar-refractivity contribution in [2.75, 3.05) is 13.6 Å².